The normalized spacial score (nSPS) is 34.1. The van der Waals surface area contributed by atoms with Crippen LogP contribution in [0.1, 0.15) is 45.4 Å². The van der Waals surface area contributed by atoms with Crippen molar-refractivity contribution in [2.24, 2.45) is 16.9 Å². The summed E-state index contributed by atoms with van der Waals surface area (Å²) in [5.41, 5.74) is 14.1. The summed E-state index contributed by atoms with van der Waals surface area (Å²) < 4.78 is 0. The SMILES string of the molecule is C[C@]1(C2(N)CCCCC2N)CCCN(c2ccc([N+](=O)[O-])cc2)C1. The van der Waals surface area contributed by atoms with Crippen LogP contribution in [0.2, 0.25) is 0 Å². The van der Waals surface area contributed by atoms with Crippen molar-refractivity contribution >= 4 is 11.4 Å². The zero-order valence-electron chi connectivity index (χ0n) is 14.4. The summed E-state index contributed by atoms with van der Waals surface area (Å²) in [4.78, 5) is 12.8. The lowest BCUT2D eigenvalue weighted by molar-refractivity contribution is -0.384. The Morgan fingerprint density at radius 3 is 2.54 bits per heavy atom. The summed E-state index contributed by atoms with van der Waals surface area (Å²) in [6.07, 6.45) is 6.46. The van der Waals surface area contributed by atoms with E-state index in [4.69, 9.17) is 11.5 Å². The molecule has 1 aromatic rings. The third kappa shape index (κ3) is 2.89. The molecule has 0 amide bonds. The topological polar surface area (TPSA) is 98.4 Å². The molecule has 24 heavy (non-hydrogen) atoms. The molecule has 3 atom stereocenters. The Bertz CT molecular complexity index is 606. The maximum atomic E-state index is 10.8. The van der Waals surface area contributed by atoms with Gasteiger partial charge in [0.2, 0.25) is 0 Å². The van der Waals surface area contributed by atoms with Gasteiger partial charge in [-0.15, -0.1) is 0 Å². The first-order valence-electron chi connectivity index (χ1n) is 8.90. The van der Waals surface area contributed by atoms with E-state index in [2.05, 4.69) is 11.8 Å². The van der Waals surface area contributed by atoms with Crippen LogP contribution in [0.4, 0.5) is 11.4 Å². The Kier molecular flexibility index (Phi) is 4.53. The van der Waals surface area contributed by atoms with Crippen LogP contribution in [0.25, 0.3) is 0 Å². The zero-order valence-corrected chi connectivity index (χ0v) is 14.4. The molecule has 1 aliphatic carbocycles. The maximum absolute atomic E-state index is 10.8. The van der Waals surface area contributed by atoms with Crippen LogP contribution < -0.4 is 16.4 Å². The van der Waals surface area contributed by atoms with Crippen molar-refractivity contribution in [1.29, 1.82) is 0 Å². The summed E-state index contributed by atoms with van der Waals surface area (Å²) in [6.45, 7) is 4.09. The van der Waals surface area contributed by atoms with E-state index >= 15 is 0 Å². The van der Waals surface area contributed by atoms with Gasteiger partial charge in [0.05, 0.1) is 4.92 Å². The molecular weight excluding hydrogens is 304 g/mol. The van der Waals surface area contributed by atoms with E-state index in [1.807, 2.05) is 12.1 Å². The van der Waals surface area contributed by atoms with E-state index in [1.165, 1.54) is 6.42 Å². The van der Waals surface area contributed by atoms with Crippen LogP contribution in [-0.2, 0) is 0 Å². The highest BCUT2D eigenvalue weighted by atomic mass is 16.6. The number of nitro benzene ring substituents is 1. The van der Waals surface area contributed by atoms with Gasteiger partial charge in [0.25, 0.3) is 5.69 Å². The quantitative estimate of drug-likeness (QED) is 0.655. The van der Waals surface area contributed by atoms with Crippen molar-refractivity contribution in [3.63, 3.8) is 0 Å². The number of hydrogen-bond donors (Lipinski definition) is 2. The second-order valence-electron chi connectivity index (χ2n) is 7.75. The minimum absolute atomic E-state index is 0.0349. The lowest BCUT2D eigenvalue weighted by Crippen LogP contribution is -2.69. The smallest absolute Gasteiger partial charge is 0.269 e. The van der Waals surface area contributed by atoms with E-state index in [0.717, 1.165) is 50.9 Å². The minimum Gasteiger partial charge on any atom is -0.371 e. The fraction of sp³-hybridized carbons (Fsp3) is 0.667. The molecule has 132 valence electrons. The monoisotopic (exact) mass is 332 g/mol. The Labute approximate surface area is 143 Å². The number of non-ortho nitro benzene ring substituents is 1. The van der Waals surface area contributed by atoms with Crippen molar-refractivity contribution in [2.75, 3.05) is 18.0 Å². The molecule has 2 fully saturated rings. The first kappa shape index (κ1) is 17.2. The summed E-state index contributed by atoms with van der Waals surface area (Å²) in [5, 5.41) is 10.8. The van der Waals surface area contributed by atoms with Gasteiger partial charge in [0.1, 0.15) is 0 Å². The highest BCUT2D eigenvalue weighted by Gasteiger charge is 2.51. The molecule has 2 aliphatic rings. The third-order valence-electron chi connectivity index (χ3n) is 6.26. The zero-order chi connectivity index (χ0) is 17.4. The van der Waals surface area contributed by atoms with Crippen LogP contribution in [0.15, 0.2) is 24.3 Å². The number of rotatable bonds is 3. The highest BCUT2D eigenvalue weighted by molar-refractivity contribution is 5.51. The van der Waals surface area contributed by atoms with Crippen LogP contribution in [0, 0.1) is 15.5 Å². The van der Waals surface area contributed by atoms with Crippen LogP contribution in [0.3, 0.4) is 0 Å². The molecule has 0 bridgehead atoms. The molecule has 3 rings (SSSR count). The van der Waals surface area contributed by atoms with Gasteiger partial charge in [-0.05, 0) is 37.8 Å². The van der Waals surface area contributed by atoms with Crippen molar-refractivity contribution in [2.45, 2.75) is 57.0 Å². The van der Waals surface area contributed by atoms with Crippen molar-refractivity contribution in [3.05, 3.63) is 34.4 Å². The number of nitrogens with two attached hydrogens (primary N) is 2. The average molecular weight is 332 g/mol. The lowest BCUT2D eigenvalue weighted by Gasteiger charge is -2.56. The standard InChI is InChI=1S/C18H28N4O2/c1-17(18(20)11-3-2-5-16(18)19)10-4-12-21(13-17)14-6-8-15(9-7-14)22(23)24/h6-9,16H,2-5,10-13,19-20H2,1H3/t16?,17-,18?/m0/s1. The molecule has 2 unspecified atom stereocenters. The minimum atomic E-state index is -0.361. The fourth-order valence-electron chi connectivity index (χ4n) is 4.60. The number of anilines is 1. The maximum Gasteiger partial charge on any atom is 0.269 e. The second kappa shape index (κ2) is 6.33. The van der Waals surface area contributed by atoms with Gasteiger partial charge < -0.3 is 16.4 Å². The Balaban J connectivity index is 1.81. The van der Waals surface area contributed by atoms with Gasteiger partial charge in [-0.3, -0.25) is 10.1 Å². The van der Waals surface area contributed by atoms with Crippen molar-refractivity contribution in [3.8, 4) is 0 Å². The van der Waals surface area contributed by atoms with Crippen molar-refractivity contribution < 1.29 is 4.92 Å². The summed E-state index contributed by atoms with van der Waals surface area (Å²) in [7, 11) is 0. The molecule has 1 saturated carbocycles. The number of hydrogen-bond acceptors (Lipinski definition) is 5. The van der Waals surface area contributed by atoms with Crippen LogP contribution in [-0.4, -0.2) is 29.6 Å². The van der Waals surface area contributed by atoms with E-state index in [1.54, 1.807) is 12.1 Å². The molecule has 4 N–H and O–H groups in total. The molecule has 1 aliphatic heterocycles. The van der Waals surface area contributed by atoms with E-state index < -0.39 is 0 Å². The van der Waals surface area contributed by atoms with E-state index in [0.29, 0.717) is 0 Å². The predicted molar refractivity (Wildman–Crippen MR) is 96.0 cm³/mol. The van der Waals surface area contributed by atoms with Crippen molar-refractivity contribution in [1.82, 2.24) is 0 Å². The highest BCUT2D eigenvalue weighted by Crippen LogP contribution is 2.46. The lowest BCUT2D eigenvalue weighted by atomic mass is 9.59. The van der Waals surface area contributed by atoms with Crippen LogP contribution in [0.5, 0.6) is 0 Å². The molecule has 0 spiro atoms. The average Bonchev–Trinajstić information content (AvgIpc) is 2.57. The Hall–Kier alpha value is -1.66. The number of benzene rings is 1. The van der Waals surface area contributed by atoms with E-state index in [9.17, 15) is 10.1 Å². The molecule has 1 aromatic carbocycles. The number of nitrogens with zero attached hydrogens (tertiary/aromatic N) is 2. The molecule has 1 saturated heterocycles. The van der Waals surface area contributed by atoms with E-state index in [-0.39, 0.29) is 27.6 Å². The molecule has 6 heteroatoms. The molecule has 6 nitrogen and oxygen atoms in total. The third-order valence-corrected chi connectivity index (χ3v) is 6.26. The molecule has 1 heterocycles. The largest absolute Gasteiger partial charge is 0.371 e. The van der Waals surface area contributed by atoms with Gasteiger partial charge in [-0.2, -0.15) is 0 Å². The van der Waals surface area contributed by atoms with Gasteiger partial charge in [0.15, 0.2) is 0 Å². The predicted octanol–water partition coefficient (Wildman–Crippen LogP) is 2.80. The first-order chi connectivity index (χ1) is 11.4. The molecular formula is C18H28N4O2. The molecule has 0 radical (unpaired) electrons. The first-order valence-corrected chi connectivity index (χ1v) is 8.90. The van der Waals surface area contributed by atoms with Gasteiger partial charge in [-0.1, -0.05) is 19.8 Å². The number of nitro groups is 1. The Morgan fingerprint density at radius 1 is 1.21 bits per heavy atom. The van der Waals surface area contributed by atoms with Gasteiger partial charge in [-0.25, -0.2) is 0 Å². The Morgan fingerprint density at radius 2 is 1.92 bits per heavy atom. The summed E-state index contributed by atoms with van der Waals surface area (Å²) in [5.74, 6) is 0. The van der Waals surface area contributed by atoms with Crippen LogP contribution >= 0.6 is 0 Å². The van der Waals surface area contributed by atoms with Gasteiger partial charge >= 0.3 is 0 Å². The fourth-order valence-corrected chi connectivity index (χ4v) is 4.60. The second-order valence-corrected chi connectivity index (χ2v) is 7.75. The van der Waals surface area contributed by atoms with Gasteiger partial charge in [0, 0.05) is 47.9 Å². The summed E-state index contributed by atoms with van der Waals surface area (Å²) in [6, 6.07) is 6.88. The molecule has 0 aromatic heterocycles. The number of piperidine rings is 1. The summed E-state index contributed by atoms with van der Waals surface area (Å²) >= 11 is 0.